The highest BCUT2D eigenvalue weighted by Crippen LogP contribution is 2.22. The molecular formula is C13H18ClN3O4S. The first kappa shape index (κ1) is 17.0. The van der Waals surface area contributed by atoms with E-state index in [1.165, 1.54) is 0 Å². The molecule has 1 aromatic rings. The molecule has 0 radical (unpaired) electrons. The first-order valence-electron chi connectivity index (χ1n) is 6.79. The van der Waals surface area contributed by atoms with Crippen molar-refractivity contribution in [3.63, 3.8) is 0 Å². The number of hydrogen-bond donors (Lipinski definition) is 3. The van der Waals surface area contributed by atoms with E-state index in [4.69, 9.17) is 16.3 Å². The van der Waals surface area contributed by atoms with E-state index < -0.39 is 27.4 Å². The molecule has 0 amide bonds. The first-order valence-corrected chi connectivity index (χ1v) is 8.71. The number of sulfonamides is 1. The van der Waals surface area contributed by atoms with E-state index in [0.29, 0.717) is 10.7 Å². The van der Waals surface area contributed by atoms with Crippen molar-refractivity contribution >= 4 is 33.3 Å². The molecular weight excluding hydrogens is 330 g/mol. The average Bonchev–Trinajstić information content (AvgIpc) is 2.93. The van der Waals surface area contributed by atoms with Gasteiger partial charge in [-0.3, -0.25) is 9.52 Å². The third-order valence-corrected chi connectivity index (χ3v) is 5.23. The number of anilines is 1. The van der Waals surface area contributed by atoms with Crippen molar-refractivity contribution in [3.8, 4) is 0 Å². The third kappa shape index (κ3) is 3.89. The number of aryl methyl sites for hydroxylation is 1. The van der Waals surface area contributed by atoms with Crippen LogP contribution in [0.25, 0.3) is 0 Å². The SMILES string of the molecule is CCOC(=O)C1CC(S(=O)(=O)Nc2ccc(C)c(Cl)c2)NN1. The van der Waals surface area contributed by atoms with Crippen LogP contribution in [0, 0.1) is 6.92 Å². The lowest BCUT2D eigenvalue weighted by molar-refractivity contribution is -0.145. The van der Waals surface area contributed by atoms with E-state index in [9.17, 15) is 13.2 Å². The molecule has 3 N–H and O–H groups in total. The van der Waals surface area contributed by atoms with Crippen LogP contribution in [0.3, 0.4) is 0 Å². The number of halogens is 1. The Kier molecular flexibility index (Phi) is 5.28. The third-order valence-electron chi connectivity index (χ3n) is 3.25. The number of rotatable bonds is 5. The summed E-state index contributed by atoms with van der Waals surface area (Å²) in [7, 11) is -3.71. The van der Waals surface area contributed by atoms with E-state index >= 15 is 0 Å². The van der Waals surface area contributed by atoms with Crippen molar-refractivity contribution < 1.29 is 17.9 Å². The van der Waals surface area contributed by atoms with E-state index in [1.54, 1.807) is 25.1 Å². The van der Waals surface area contributed by atoms with Crippen LogP contribution in [0.15, 0.2) is 18.2 Å². The lowest BCUT2D eigenvalue weighted by atomic mass is 10.2. The van der Waals surface area contributed by atoms with Crippen molar-refractivity contribution in [2.24, 2.45) is 0 Å². The van der Waals surface area contributed by atoms with Crippen LogP contribution in [-0.4, -0.2) is 32.4 Å². The van der Waals surface area contributed by atoms with Gasteiger partial charge in [0.25, 0.3) is 0 Å². The summed E-state index contributed by atoms with van der Waals surface area (Å²) in [5.74, 6) is -0.480. The van der Waals surface area contributed by atoms with Crippen molar-refractivity contribution in [2.45, 2.75) is 31.7 Å². The van der Waals surface area contributed by atoms with Crippen LogP contribution >= 0.6 is 11.6 Å². The van der Waals surface area contributed by atoms with Gasteiger partial charge < -0.3 is 4.74 Å². The standard InChI is InChI=1S/C13H18ClN3O4S/c1-3-21-13(18)11-7-12(16-15-11)22(19,20)17-9-5-4-8(2)10(14)6-9/h4-6,11-12,15-17H,3,7H2,1-2H3. The Morgan fingerprint density at radius 3 is 2.82 bits per heavy atom. The van der Waals surface area contributed by atoms with Crippen molar-refractivity contribution in [2.75, 3.05) is 11.3 Å². The Balaban J connectivity index is 2.05. The van der Waals surface area contributed by atoms with Crippen LogP contribution in [0.1, 0.15) is 18.9 Å². The predicted molar refractivity (Wildman–Crippen MR) is 83.8 cm³/mol. The highest BCUT2D eigenvalue weighted by atomic mass is 35.5. The quantitative estimate of drug-likeness (QED) is 0.691. The van der Waals surface area contributed by atoms with Gasteiger partial charge in [-0.05, 0) is 31.5 Å². The number of ether oxygens (including phenoxy) is 1. The lowest BCUT2D eigenvalue weighted by Crippen LogP contribution is -2.41. The van der Waals surface area contributed by atoms with Gasteiger partial charge in [0.2, 0.25) is 10.0 Å². The normalized spacial score (nSPS) is 21.6. The molecule has 0 bridgehead atoms. The zero-order valence-electron chi connectivity index (χ0n) is 12.2. The Morgan fingerprint density at radius 2 is 2.18 bits per heavy atom. The summed E-state index contributed by atoms with van der Waals surface area (Å²) in [6, 6.07) is 4.20. The molecule has 0 saturated carbocycles. The highest BCUT2D eigenvalue weighted by molar-refractivity contribution is 7.93. The van der Waals surface area contributed by atoms with Gasteiger partial charge in [-0.15, -0.1) is 0 Å². The van der Waals surface area contributed by atoms with E-state index in [2.05, 4.69) is 15.6 Å². The Labute approximate surface area is 134 Å². The van der Waals surface area contributed by atoms with Crippen LogP contribution in [0.2, 0.25) is 5.02 Å². The number of benzene rings is 1. The van der Waals surface area contributed by atoms with Gasteiger partial charge in [0.15, 0.2) is 0 Å². The first-order chi connectivity index (χ1) is 10.3. The molecule has 2 unspecified atom stereocenters. The zero-order chi connectivity index (χ0) is 16.3. The predicted octanol–water partition coefficient (Wildman–Crippen LogP) is 1.15. The lowest BCUT2D eigenvalue weighted by Gasteiger charge is -2.14. The summed E-state index contributed by atoms with van der Waals surface area (Å²) < 4.78 is 31.9. The molecule has 9 heteroatoms. The Hall–Kier alpha value is -1.35. The molecule has 2 atom stereocenters. The molecule has 0 aromatic heterocycles. The van der Waals surface area contributed by atoms with Gasteiger partial charge >= 0.3 is 5.97 Å². The second-order valence-corrected chi connectivity index (χ2v) is 7.20. The maximum absolute atomic E-state index is 12.3. The zero-order valence-corrected chi connectivity index (χ0v) is 13.8. The topological polar surface area (TPSA) is 96.5 Å². The molecule has 0 spiro atoms. The Bertz CT molecular complexity index is 665. The summed E-state index contributed by atoms with van der Waals surface area (Å²) in [6.45, 7) is 3.76. The average molecular weight is 348 g/mol. The highest BCUT2D eigenvalue weighted by Gasteiger charge is 2.37. The van der Waals surface area contributed by atoms with Crippen LogP contribution in [-0.2, 0) is 19.6 Å². The maximum Gasteiger partial charge on any atom is 0.324 e. The van der Waals surface area contributed by atoms with Gasteiger partial charge in [0.1, 0.15) is 11.4 Å². The molecule has 22 heavy (non-hydrogen) atoms. The minimum absolute atomic E-state index is 0.0771. The molecule has 122 valence electrons. The van der Waals surface area contributed by atoms with Crippen molar-refractivity contribution in [3.05, 3.63) is 28.8 Å². The largest absolute Gasteiger partial charge is 0.465 e. The van der Waals surface area contributed by atoms with Crippen molar-refractivity contribution in [1.82, 2.24) is 10.9 Å². The number of esters is 1. The molecule has 2 rings (SSSR count). The van der Waals surface area contributed by atoms with Crippen molar-refractivity contribution in [1.29, 1.82) is 0 Å². The number of hydrogen-bond acceptors (Lipinski definition) is 6. The molecule has 1 saturated heterocycles. The van der Waals surface area contributed by atoms with Gasteiger partial charge in [-0.25, -0.2) is 19.3 Å². The molecule has 1 aromatic carbocycles. The van der Waals surface area contributed by atoms with Gasteiger partial charge in [-0.2, -0.15) is 0 Å². The fourth-order valence-electron chi connectivity index (χ4n) is 2.02. The number of hydrazine groups is 1. The molecule has 1 aliphatic heterocycles. The monoisotopic (exact) mass is 347 g/mol. The minimum atomic E-state index is -3.71. The molecule has 1 heterocycles. The molecule has 1 aliphatic rings. The van der Waals surface area contributed by atoms with Gasteiger partial charge in [0.05, 0.1) is 12.3 Å². The van der Waals surface area contributed by atoms with E-state index in [-0.39, 0.29) is 13.0 Å². The Morgan fingerprint density at radius 1 is 1.45 bits per heavy atom. The number of nitrogens with one attached hydrogen (secondary N) is 3. The minimum Gasteiger partial charge on any atom is -0.465 e. The van der Waals surface area contributed by atoms with E-state index in [1.807, 2.05) is 6.92 Å². The summed E-state index contributed by atoms with van der Waals surface area (Å²) in [5.41, 5.74) is 6.46. The fourth-order valence-corrected chi connectivity index (χ4v) is 3.47. The second kappa shape index (κ2) is 6.82. The summed E-state index contributed by atoms with van der Waals surface area (Å²) in [5, 5.41) is -0.468. The smallest absolute Gasteiger partial charge is 0.324 e. The van der Waals surface area contributed by atoms with E-state index in [0.717, 1.165) is 5.56 Å². The van der Waals surface area contributed by atoms with Gasteiger partial charge in [-0.1, -0.05) is 17.7 Å². The van der Waals surface area contributed by atoms with Crippen LogP contribution in [0.5, 0.6) is 0 Å². The summed E-state index contributed by atoms with van der Waals surface area (Å²) >= 11 is 5.98. The number of carbonyl (C=O) groups excluding carboxylic acids is 1. The van der Waals surface area contributed by atoms with Crippen LogP contribution < -0.4 is 15.6 Å². The summed E-state index contributed by atoms with van der Waals surface area (Å²) in [4.78, 5) is 11.6. The second-order valence-electron chi connectivity index (χ2n) is 4.93. The van der Waals surface area contributed by atoms with Crippen LogP contribution in [0.4, 0.5) is 5.69 Å². The fraction of sp³-hybridized carbons (Fsp3) is 0.462. The molecule has 7 nitrogen and oxygen atoms in total. The summed E-state index contributed by atoms with van der Waals surface area (Å²) in [6.07, 6.45) is 0.0771. The maximum atomic E-state index is 12.3. The van der Waals surface area contributed by atoms with Gasteiger partial charge in [0, 0.05) is 11.4 Å². The molecule has 0 aliphatic carbocycles. The number of carbonyl (C=O) groups is 1. The molecule has 1 fully saturated rings.